The molecular formula is C41H45ClFN9O5. The molecule has 298 valence electrons. The van der Waals surface area contributed by atoms with Gasteiger partial charge in [-0.15, -0.1) is 0 Å². The van der Waals surface area contributed by atoms with E-state index in [1.54, 1.807) is 18.2 Å². The normalized spacial score (nSPS) is 23.4. The van der Waals surface area contributed by atoms with E-state index in [-0.39, 0.29) is 35.8 Å². The summed E-state index contributed by atoms with van der Waals surface area (Å²) in [5.74, 6) is -1.09. The smallest absolute Gasteiger partial charge is 0.262 e. The highest BCUT2D eigenvalue weighted by molar-refractivity contribution is 6.31. The molecule has 14 nitrogen and oxygen atoms in total. The van der Waals surface area contributed by atoms with E-state index >= 15 is 4.39 Å². The number of hydrogen-bond acceptors (Lipinski definition) is 12. The van der Waals surface area contributed by atoms with Crippen LogP contribution >= 0.6 is 11.6 Å². The number of piperazine rings is 1. The van der Waals surface area contributed by atoms with Crippen molar-refractivity contribution >= 4 is 46.9 Å². The van der Waals surface area contributed by atoms with E-state index in [4.69, 9.17) is 31.6 Å². The number of hydrogen-bond donors (Lipinski definition) is 2. The van der Waals surface area contributed by atoms with Crippen LogP contribution in [0.2, 0.25) is 5.02 Å². The number of amides is 4. The molecule has 1 atom stereocenters. The summed E-state index contributed by atoms with van der Waals surface area (Å²) >= 11 is 6.16. The van der Waals surface area contributed by atoms with Gasteiger partial charge < -0.3 is 19.9 Å². The Morgan fingerprint density at radius 3 is 2.25 bits per heavy atom. The summed E-state index contributed by atoms with van der Waals surface area (Å²) in [4.78, 5) is 67.2. The molecule has 4 amide bonds. The number of nitriles is 1. The Morgan fingerprint density at radius 2 is 1.58 bits per heavy atom. The highest BCUT2D eigenvalue weighted by Crippen LogP contribution is 2.34. The second-order valence-corrected chi connectivity index (χ2v) is 16.0. The van der Waals surface area contributed by atoms with Gasteiger partial charge >= 0.3 is 0 Å². The summed E-state index contributed by atoms with van der Waals surface area (Å²) in [5, 5.41) is 15.3. The molecule has 1 unspecified atom stereocenters. The Labute approximate surface area is 335 Å². The Morgan fingerprint density at radius 1 is 0.877 bits per heavy atom. The third-order valence-electron chi connectivity index (χ3n) is 12.0. The van der Waals surface area contributed by atoms with Crippen molar-refractivity contribution in [1.29, 1.82) is 5.26 Å². The molecule has 5 heterocycles. The summed E-state index contributed by atoms with van der Waals surface area (Å²) in [6.45, 7) is 6.06. The first-order chi connectivity index (χ1) is 27.6. The van der Waals surface area contributed by atoms with Crippen molar-refractivity contribution in [3.8, 4) is 11.8 Å². The molecule has 0 spiro atoms. The summed E-state index contributed by atoms with van der Waals surface area (Å²) < 4.78 is 21.5. The first-order valence-corrected chi connectivity index (χ1v) is 20.2. The van der Waals surface area contributed by atoms with Crippen LogP contribution in [0, 0.1) is 23.1 Å². The van der Waals surface area contributed by atoms with Crippen LogP contribution in [-0.4, -0.2) is 107 Å². The standard InChI is InChI=1S/C41H45ClFN9O5/c42-33-17-30(4-1-27(33)20-44)57-29-5-2-28(3-6-29)45-21-26-22-46-41(47-23-26)51-11-9-25(10-12-51)24-49-13-15-50(16-14-49)36-19-32-31(18-34(36)43)39(55)52(40(32)56)35-7-8-37(53)48-38(35)54/h1,4,17-19,22-23,25,28-29,35,45H,2-3,5-16,21,24H2,(H,48,53,54). The third-order valence-corrected chi connectivity index (χ3v) is 12.3. The minimum absolute atomic E-state index is 0.0233. The molecule has 1 aliphatic carbocycles. The Kier molecular flexibility index (Phi) is 11.4. The van der Waals surface area contributed by atoms with Crippen LogP contribution in [0.3, 0.4) is 0 Å². The second kappa shape index (κ2) is 16.7. The third kappa shape index (κ3) is 8.44. The van der Waals surface area contributed by atoms with Crippen LogP contribution in [0.15, 0.2) is 42.7 Å². The number of carbonyl (C=O) groups excluding carboxylic acids is 4. The van der Waals surface area contributed by atoms with Gasteiger partial charge in [-0.05, 0) is 75.1 Å². The summed E-state index contributed by atoms with van der Waals surface area (Å²) in [7, 11) is 0. The van der Waals surface area contributed by atoms with Crippen molar-refractivity contribution in [1.82, 2.24) is 30.4 Å². The van der Waals surface area contributed by atoms with Crippen LogP contribution in [0.5, 0.6) is 5.75 Å². The van der Waals surface area contributed by atoms with E-state index in [0.29, 0.717) is 47.9 Å². The molecule has 2 N–H and O–H groups in total. The molecule has 1 aromatic heterocycles. The van der Waals surface area contributed by atoms with E-state index < -0.39 is 35.5 Å². The number of halogens is 2. The SMILES string of the molecule is N#Cc1ccc(OC2CCC(NCc3cnc(N4CCC(CN5CCN(c6cc7c(cc6F)C(=O)N(C6CCC(=O)NC6=O)C7=O)CC5)CC4)nc3)CC2)cc1Cl. The first kappa shape index (κ1) is 38.7. The molecule has 5 aliphatic rings. The maximum atomic E-state index is 15.4. The lowest BCUT2D eigenvalue weighted by Crippen LogP contribution is -2.54. The summed E-state index contributed by atoms with van der Waals surface area (Å²) in [5.41, 5.74) is 1.79. The predicted molar refractivity (Wildman–Crippen MR) is 208 cm³/mol. The Hall–Kier alpha value is -5.17. The number of benzene rings is 2. The molecule has 4 fully saturated rings. The fraction of sp³-hybridized carbons (Fsp3) is 0.488. The molecule has 8 rings (SSSR count). The first-order valence-electron chi connectivity index (χ1n) is 19.8. The predicted octanol–water partition coefficient (Wildman–Crippen LogP) is 4.06. The van der Waals surface area contributed by atoms with Crippen LogP contribution in [0.25, 0.3) is 0 Å². The molecule has 2 aromatic carbocycles. The fourth-order valence-corrected chi connectivity index (χ4v) is 8.89. The molecule has 3 aromatic rings. The maximum absolute atomic E-state index is 15.4. The van der Waals surface area contributed by atoms with Gasteiger partial charge in [-0.3, -0.25) is 34.3 Å². The van der Waals surface area contributed by atoms with E-state index in [0.717, 1.165) is 93.7 Å². The molecule has 0 radical (unpaired) electrons. The zero-order chi connectivity index (χ0) is 39.6. The molecule has 3 saturated heterocycles. The van der Waals surface area contributed by atoms with E-state index in [2.05, 4.69) is 26.5 Å². The van der Waals surface area contributed by atoms with Gasteiger partial charge in [0.1, 0.15) is 23.7 Å². The average molecular weight is 798 g/mol. The van der Waals surface area contributed by atoms with Crippen molar-refractivity contribution in [2.24, 2.45) is 5.92 Å². The zero-order valence-corrected chi connectivity index (χ0v) is 32.3. The highest BCUT2D eigenvalue weighted by Gasteiger charge is 2.45. The monoisotopic (exact) mass is 797 g/mol. The van der Waals surface area contributed by atoms with E-state index in [1.165, 1.54) is 6.07 Å². The molecule has 57 heavy (non-hydrogen) atoms. The van der Waals surface area contributed by atoms with Crippen LogP contribution < -0.4 is 25.2 Å². The molecule has 4 aliphatic heterocycles. The Balaban J connectivity index is 0.751. The number of piperidine rings is 2. The van der Waals surface area contributed by atoms with Gasteiger partial charge in [-0.1, -0.05) is 11.6 Å². The minimum atomic E-state index is -1.09. The number of carbonyl (C=O) groups is 4. The van der Waals surface area contributed by atoms with Gasteiger partial charge in [0, 0.05) is 88.8 Å². The molecule has 1 saturated carbocycles. The van der Waals surface area contributed by atoms with Crippen LogP contribution in [-0.2, 0) is 16.1 Å². The van der Waals surface area contributed by atoms with Gasteiger partial charge in [0.15, 0.2) is 0 Å². The quantitative estimate of drug-likeness (QED) is 0.284. The number of aromatic nitrogens is 2. The van der Waals surface area contributed by atoms with Gasteiger partial charge in [0.2, 0.25) is 17.8 Å². The number of fused-ring (bicyclic) bond motifs is 1. The van der Waals surface area contributed by atoms with Gasteiger partial charge in [-0.2, -0.15) is 5.26 Å². The number of ether oxygens (including phenoxy) is 1. The van der Waals surface area contributed by atoms with Gasteiger partial charge in [-0.25, -0.2) is 14.4 Å². The molecule has 16 heteroatoms. The zero-order valence-electron chi connectivity index (χ0n) is 31.6. The summed E-state index contributed by atoms with van der Waals surface area (Å²) in [6.07, 6.45) is 9.97. The van der Waals surface area contributed by atoms with Crippen LogP contribution in [0.4, 0.5) is 16.0 Å². The number of anilines is 2. The highest BCUT2D eigenvalue weighted by atomic mass is 35.5. The molecular weight excluding hydrogens is 753 g/mol. The summed E-state index contributed by atoms with van der Waals surface area (Å²) in [6, 6.07) is 9.13. The fourth-order valence-electron chi connectivity index (χ4n) is 8.68. The minimum Gasteiger partial charge on any atom is -0.490 e. The van der Waals surface area contributed by atoms with E-state index in [1.807, 2.05) is 17.3 Å². The maximum Gasteiger partial charge on any atom is 0.262 e. The number of nitrogens with one attached hydrogen (secondary N) is 2. The van der Waals surface area contributed by atoms with Crippen molar-refractivity contribution < 1.29 is 28.3 Å². The van der Waals surface area contributed by atoms with E-state index in [9.17, 15) is 19.2 Å². The van der Waals surface area contributed by atoms with Crippen molar-refractivity contribution in [3.05, 3.63) is 75.8 Å². The van der Waals surface area contributed by atoms with Crippen LogP contribution in [0.1, 0.15) is 83.2 Å². The van der Waals surface area contributed by atoms with Crippen molar-refractivity contribution in [2.45, 2.75) is 76.1 Å². The lowest BCUT2D eigenvalue weighted by Gasteiger charge is -2.39. The Bertz CT molecular complexity index is 2070. The second-order valence-electron chi connectivity index (χ2n) is 15.6. The number of imide groups is 2. The number of rotatable bonds is 10. The van der Waals surface area contributed by atoms with Crippen molar-refractivity contribution in [2.75, 3.05) is 55.6 Å². The van der Waals surface area contributed by atoms with Crippen molar-refractivity contribution in [3.63, 3.8) is 0 Å². The van der Waals surface area contributed by atoms with Gasteiger partial charge in [0.25, 0.3) is 11.8 Å². The largest absolute Gasteiger partial charge is 0.490 e. The lowest BCUT2D eigenvalue weighted by atomic mass is 9.93. The lowest BCUT2D eigenvalue weighted by molar-refractivity contribution is -0.136. The topological polar surface area (TPSA) is 164 Å². The average Bonchev–Trinajstić information content (AvgIpc) is 3.45. The van der Waals surface area contributed by atoms with Gasteiger partial charge in [0.05, 0.1) is 33.5 Å². The number of nitrogens with zero attached hydrogens (tertiary/aromatic N) is 7. The molecule has 0 bridgehead atoms.